The number of aliphatic carboxylic acids is 2. The Morgan fingerprint density at radius 1 is 1.05 bits per heavy atom. The molecule has 3 atom stereocenters. The minimum atomic E-state index is -5.08. The molecule has 216 valence electrons. The zero-order valence-corrected chi connectivity index (χ0v) is 20.1. The second kappa shape index (κ2) is 13.9. The van der Waals surface area contributed by atoms with Crippen molar-refractivity contribution in [3.8, 4) is 0 Å². The summed E-state index contributed by atoms with van der Waals surface area (Å²) in [5.74, 6) is -5.15. The molecule has 0 aliphatic carbocycles. The van der Waals surface area contributed by atoms with Gasteiger partial charge in [-0.2, -0.15) is 26.3 Å². The number of pyridine rings is 1. The molecule has 3 N–H and O–H groups in total. The van der Waals surface area contributed by atoms with Gasteiger partial charge < -0.3 is 24.7 Å². The Morgan fingerprint density at radius 3 is 2.21 bits per heavy atom. The first-order valence-corrected chi connectivity index (χ1v) is 11.3. The van der Waals surface area contributed by atoms with Crippen LogP contribution >= 0.6 is 0 Å². The van der Waals surface area contributed by atoms with Crippen molar-refractivity contribution >= 4 is 17.8 Å². The lowest BCUT2D eigenvalue weighted by Gasteiger charge is -2.46. The predicted octanol–water partition coefficient (Wildman–Crippen LogP) is 3.35. The molecule has 16 heteroatoms. The van der Waals surface area contributed by atoms with Crippen LogP contribution in [0.5, 0.6) is 0 Å². The van der Waals surface area contributed by atoms with Gasteiger partial charge >= 0.3 is 24.3 Å². The van der Waals surface area contributed by atoms with Crippen LogP contribution in [0.2, 0.25) is 0 Å². The maximum atomic E-state index is 12.6. The average molecular weight is 569 g/mol. The van der Waals surface area contributed by atoms with E-state index in [1.165, 1.54) is 0 Å². The Balaban J connectivity index is 0.000000317. The molecule has 39 heavy (non-hydrogen) atoms. The third-order valence-corrected chi connectivity index (χ3v) is 5.55. The quantitative estimate of drug-likeness (QED) is 0.473. The van der Waals surface area contributed by atoms with Crippen molar-refractivity contribution in [3.63, 3.8) is 0 Å². The highest BCUT2D eigenvalue weighted by molar-refractivity contribution is 5.94. The van der Waals surface area contributed by atoms with E-state index in [0.717, 1.165) is 44.6 Å². The zero-order chi connectivity index (χ0) is 29.2. The summed E-state index contributed by atoms with van der Waals surface area (Å²) in [6, 6.07) is 5.54. The Hall–Kier alpha value is -3.66. The number of hydrogen-bond acceptors (Lipinski definition) is 7. The van der Waals surface area contributed by atoms with Crippen molar-refractivity contribution in [1.82, 2.24) is 15.2 Å². The lowest BCUT2D eigenvalue weighted by Crippen LogP contribution is -2.60. The number of carbonyl (C=O) groups is 3. The molecule has 0 unspecified atom stereocenters. The molecule has 0 aromatic carbocycles. The van der Waals surface area contributed by atoms with E-state index in [9.17, 15) is 31.1 Å². The molecule has 10 nitrogen and oxygen atoms in total. The number of carboxylic acid groups (broad SMARTS) is 2. The van der Waals surface area contributed by atoms with Gasteiger partial charge in [0.15, 0.2) is 0 Å². The van der Waals surface area contributed by atoms with Crippen molar-refractivity contribution in [2.24, 2.45) is 5.92 Å². The number of hydrogen-bond donors (Lipinski definition) is 3. The Morgan fingerprint density at radius 2 is 1.69 bits per heavy atom. The number of rotatable bonds is 4. The number of aromatic nitrogens is 1. The third kappa shape index (κ3) is 10.6. The van der Waals surface area contributed by atoms with Crippen LogP contribution < -0.4 is 5.32 Å². The molecule has 2 fully saturated rings. The third-order valence-electron chi connectivity index (χ3n) is 5.55. The SMILES string of the molecule is O=C(N[C@@H]1CN(Cc2ccoc2)C[C@@H]2CCCO[C@@H]21)c1cccnc1.O=C(O)C(F)(F)F.O=C(O)C(F)(F)F. The van der Waals surface area contributed by atoms with Crippen LogP contribution in [0, 0.1) is 5.92 Å². The molecule has 0 spiro atoms. The van der Waals surface area contributed by atoms with Crippen LogP contribution in [0.1, 0.15) is 28.8 Å². The molecule has 0 bridgehead atoms. The average Bonchev–Trinajstić information content (AvgIpc) is 3.37. The van der Waals surface area contributed by atoms with Crippen molar-refractivity contribution in [2.75, 3.05) is 19.7 Å². The van der Waals surface area contributed by atoms with E-state index < -0.39 is 24.3 Å². The summed E-state index contributed by atoms with van der Waals surface area (Å²) in [6.45, 7) is 3.38. The van der Waals surface area contributed by atoms with Gasteiger partial charge in [0, 0.05) is 44.2 Å². The van der Waals surface area contributed by atoms with Crippen LogP contribution in [0.4, 0.5) is 26.3 Å². The number of nitrogens with zero attached hydrogens (tertiary/aromatic N) is 2. The Kier molecular flexibility index (Phi) is 11.3. The number of alkyl halides is 6. The number of carbonyl (C=O) groups excluding carboxylic acids is 1. The Bertz CT molecular complexity index is 1040. The fraction of sp³-hybridized carbons (Fsp3) is 0.478. The molecule has 4 heterocycles. The normalized spacial score (nSPS) is 21.2. The first kappa shape index (κ1) is 31.6. The van der Waals surface area contributed by atoms with E-state index in [2.05, 4.69) is 15.2 Å². The predicted molar refractivity (Wildman–Crippen MR) is 119 cm³/mol. The van der Waals surface area contributed by atoms with Gasteiger partial charge in [0.2, 0.25) is 0 Å². The monoisotopic (exact) mass is 569 g/mol. The van der Waals surface area contributed by atoms with Gasteiger partial charge in [-0.05, 0) is 37.0 Å². The maximum absolute atomic E-state index is 12.6. The summed E-state index contributed by atoms with van der Waals surface area (Å²) in [5.41, 5.74) is 1.74. The molecule has 2 saturated heterocycles. The molecular formula is C23H25F6N3O7. The van der Waals surface area contributed by atoms with E-state index in [1.807, 2.05) is 6.07 Å². The smallest absolute Gasteiger partial charge is 0.475 e. The molecule has 4 rings (SSSR count). The fourth-order valence-electron chi connectivity index (χ4n) is 3.94. The van der Waals surface area contributed by atoms with E-state index in [-0.39, 0.29) is 18.1 Å². The van der Waals surface area contributed by atoms with Gasteiger partial charge in [-0.1, -0.05) is 0 Å². The summed E-state index contributed by atoms with van der Waals surface area (Å²) in [6.07, 6.45) is -1.09. The van der Waals surface area contributed by atoms with Crippen molar-refractivity contribution in [2.45, 2.75) is 43.9 Å². The molecular weight excluding hydrogens is 544 g/mol. The highest BCUT2D eigenvalue weighted by Gasteiger charge is 2.40. The number of ether oxygens (including phenoxy) is 1. The van der Waals surface area contributed by atoms with Crippen molar-refractivity contribution < 1.29 is 60.1 Å². The largest absolute Gasteiger partial charge is 0.490 e. The summed E-state index contributed by atoms with van der Waals surface area (Å²) in [4.78, 5) is 36.8. The van der Waals surface area contributed by atoms with Crippen LogP contribution in [0.15, 0.2) is 47.5 Å². The molecule has 2 aliphatic heterocycles. The number of fused-ring (bicyclic) bond motifs is 1. The number of carboxylic acids is 2. The lowest BCUT2D eigenvalue weighted by molar-refractivity contribution is -0.193. The number of amides is 1. The first-order valence-electron chi connectivity index (χ1n) is 11.3. The zero-order valence-electron chi connectivity index (χ0n) is 20.1. The van der Waals surface area contributed by atoms with Crippen LogP contribution in [0.3, 0.4) is 0 Å². The highest BCUT2D eigenvalue weighted by atomic mass is 19.4. The summed E-state index contributed by atoms with van der Waals surface area (Å²) >= 11 is 0. The van der Waals surface area contributed by atoms with Crippen LogP contribution in [0.25, 0.3) is 0 Å². The first-order chi connectivity index (χ1) is 18.2. The second-order valence-electron chi connectivity index (χ2n) is 8.49. The topological polar surface area (TPSA) is 142 Å². The van der Waals surface area contributed by atoms with Crippen LogP contribution in [-0.4, -0.2) is 82.1 Å². The Labute approximate surface area is 217 Å². The number of likely N-dealkylation sites (tertiary alicyclic amines) is 1. The number of piperidine rings is 1. The number of furan rings is 1. The van der Waals surface area contributed by atoms with Gasteiger partial charge in [-0.15, -0.1) is 0 Å². The molecule has 0 radical (unpaired) electrons. The van der Waals surface area contributed by atoms with Gasteiger partial charge in [0.05, 0.1) is 30.2 Å². The molecule has 2 aromatic heterocycles. The van der Waals surface area contributed by atoms with Crippen molar-refractivity contribution in [1.29, 1.82) is 0 Å². The summed E-state index contributed by atoms with van der Waals surface area (Å²) in [5, 5.41) is 17.4. The van der Waals surface area contributed by atoms with Gasteiger partial charge in [0.25, 0.3) is 5.91 Å². The maximum Gasteiger partial charge on any atom is 0.490 e. The van der Waals surface area contributed by atoms with E-state index >= 15 is 0 Å². The number of nitrogens with one attached hydrogen (secondary N) is 1. The molecule has 2 aliphatic rings. The minimum Gasteiger partial charge on any atom is -0.475 e. The highest BCUT2D eigenvalue weighted by Crippen LogP contribution is 2.29. The van der Waals surface area contributed by atoms with E-state index in [1.54, 1.807) is 37.1 Å². The molecule has 1 amide bonds. The minimum absolute atomic E-state index is 0.0151. The van der Waals surface area contributed by atoms with E-state index in [4.69, 9.17) is 29.0 Å². The summed E-state index contributed by atoms with van der Waals surface area (Å²) < 4.78 is 74.7. The fourth-order valence-corrected chi connectivity index (χ4v) is 3.94. The van der Waals surface area contributed by atoms with Crippen LogP contribution in [-0.2, 0) is 20.9 Å². The number of halogens is 6. The second-order valence-corrected chi connectivity index (χ2v) is 8.49. The van der Waals surface area contributed by atoms with Gasteiger partial charge in [-0.3, -0.25) is 14.7 Å². The van der Waals surface area contributed by atoms with Crippen molar-refractivity contribution in [3.05, 3.63) is 54.2 Å². The summed E-state index contributed by atoms with van der Waals surface area (Å²) in [7, 11) is 0. The van der Waals surface area contributed by atoms with Gasteiger partial charge in [-0.25, -0.2) is 9.59 Å². The van der Waals surface area contributed by atoms with Gasteiger partial charge in [0.1, 0.15) is 0 Å². The molecule has 2 aromatic rings. The van der Waals surface area contributed by atoms with E-state index in [0.29, 0.717) is 11.5 Å². The standard InChI is InChI=1S/C19H23N3O3.2C2HF3O2/c23-19(15-3-1-6-20-9-15)21-17-12-22(10-14-5-8-24-13-14)11-16-4-2-7-25-18(16)17;2*3-2(4,5)1(6)7/h1,3,5-6,8-9,13,16-18H,2,4,7,10-12H2,(H,21,23);2*(H,6,7)/t16-,17+,18-;;/m0../s1. The lowest BCUT2D eigenvalue weighted by atomic mass is 9.85. The molecule has 0 saturated carbocycles.